The van der Waals surface area contributed by atoms with E-state index >= 15 is 0 Å². The van der Waals surface area contributed by atoms with Crippen LogP contribution in [-0.4, -0.2) is 57.4 Å². The van der Waals surface area contributed by atoms with Crippen molar-refractivity contribution >= 4 is 28.5 Å². The number of benzene rings is 2. The van der Waals surface area contributed by atoms with E-state index in [-0.39, 0.29) is 18.4 Å². The number of likely N-dealkylation sites (tertiary alicyclic amines) is 1. The Balaban J connectivity index is 1.46. The van der Waals surface area contributed by atoms with Gasteiger partial charge in [0, 0.05) is 25.2 Å². The zero-order valence-electron chi connectivity index (χ0n) is 17.5. The molecule has 0 radical (unpaired) electrons. The van der Waals surface area contributed by atoms with Crippen molar-refractivity contribution in [2.24, 2.45) is 0 Å². The van der Waals surface area contributed by atoms with Gasteiger partial charge in [0.1, 0.15) is 11.3 Å². The molecule has 0 aliphatic carbocycles. The lowest BCUT2D eigenvalue weighted by atomic mass is 10.1. The molecule has 5 rings (SSSR count). The van der Waals surface area contributed by atoms with Crippen LogP contribution in [-0.2, 0) is 11.3 Å². The molecule has 8 heteroatoms. The predicted octanol–water partition coefficient (Wildman–Crippen LogP) is 2.87. The number of aryl methyl sites for hydroxylation is 1. The number of rotatable bonds is 3. The van der Waals surface area contributed by atoms with Gasteiger partial charge in [-0.15, -0.1) is 5.10 Å². The molecule has 8 nitrogen and oxygen atoms in total. The van der Waals surface area contributed by atoms with Crippen LogP contribution in [0.25, 0.3) is 11.0 Å². The van der Waals surface area contributed by atoms with Crippen molar-refractivity contribution in [2.45, 2.75) is 38.8 Å². The summed E-state index contributed by atoms with van der Waals surface area (Å²) in [5.41, 5.74) is 2.75. The Bertz CT molecular complexity index is 1140. The highest BCUT2D eigenvalue weighted by atomic mass is 16.5. The van der Waals surface area contributed by atoms with Gasteiger partial charge >= 0.3 is 0 Å². The minimum Gasteiger partial charge on any atom is -0.476 e. The zero-order valence-corrected chi connectivity index (χ0v) is 17.5. The summed E-state index contributed by atoms with van der Waals surface area (Å²) in [6.07, 6.45) is 2.46. The van der Waals surface area contributed by atoms with Gasteiger partial charge in [0.15, 0.2) is 6.10 Å². The van der Waals surface area contributed by atoms with Crippen LogP contribution >= 0.6 is 0 Å². The molecular weight excluding hydrogens is 394 g/mol. The van der Waals surface area contributed by atoms with Gasteiger partial charge < -0.3 is 14.5 Å². The molecule has 2 aliphatic heterocycles. The minimum absolute atomic E-state index is 0.0478. The lowest BCUT2D eigenvalue weighted by molar-refractivity contribution is -0.139. The van der Waals surface area contributed by atoms with Crippen molar-refractivity contribution < 1.29 is 14.3 Å². The van der Waals surface area contributed by atoms with E-state index in [4.69, 9.17) is 4.74 Å². The van der Waals surface area contributed by atoms with Gasteiger partial charge in [-0.05, 0) is 56.5 Å². The second kappa shape index (κ2) is 8.02. The van der Waals surface area contributed by atoms with Crippen molar-refractivity contribution in [3.63, 3.8) is 0 Å². The molecule has 3 aromatic rings. The molecule has 3 heterocycles. The third kappa shape index (κ3) is 3.52. The van der Waals surface area contributed by atoms with Crippen LogP contribution < -0.4 is 9.64 Å². The summed E-state index contributed by atoms with van der Waals surface area (Å²) in [6, 6.07) is 12.8. The van der Waals surface area contributed by atoms with Crippen LogP contribution in [0.1, 0.15) is 36.5 Å². The van der Waals surface area contributed by atoms with E-state index in [1.807, 2.05) is 36.1 Å². The van der Waals surface area contributed by atoms with Crippen LogP contribution in [0.15, 0.2) is 42.5 Å². The van der Waals surface area contributed by atoms with Gasteiger partial charge in [-0.25, -0.2) is 4.68 Å². The lowest BCUT2D eigenvalue weighted by Gasteiger charge is -2.37. The summed E-state index contributed by atoms with van der Waals surface area (Å²) >= 11 is 0. The SMILES string of the molecule is CCn1nnc2cc(C(=O)N3CC(C(=O)N4CCCCC4)Oc4ccccc43)ccc21. The minimum atomic E-state index is -0.707. The van der Waals surface area contributed by atoms with Crippen LogP contribution in [0.4, 0.5) is 5.69 Å². The summed E-state index contributed by atoms with van der Waals surface area (Å²) in [5.74, 6) is 0.323. The molecular formula is C23H25N5O3. The maximum atomic E-state index is 13.5. The summed E-state index contributed by atoms with van der Waals surface area (Å²) in [5, 5.41) is 8.30. The lowest BCUT2D eigenvalue weighted by Crippen LogP contribution is -2.52. The van der Waals surface area contributed by atoms with Gasteiger partial charge in [0.05, 0.1) is 17.7 Å². The summed E-state index contributed by atoms with van der Waals surface area (Å²) < 4.78 is 7.83. The monoisotopic (exact) mass is 419 g/mol. The van der Waals surface area contributed by atoms with Crippen molar-refractivity contribution in [1.82, 2.24) is 19.9 Å². The Morgan fingerprint density at radius 3 is 2.71 bits per heavy atom. The Labute approximate surface area is 180 Å². The molecule has 0 spiro atoms. The molecule has 2 aromatic carbocycles. The van der Waals surface area contributed by atoms with Crippen molar-refractivity contribution in [3.8, 4) is 5.75 Å². The van der Waals surface area contributed by atoms with Crippen molar-refractivity contribution in [3.05, 3.63) is 48.0 Å². The molecule has 2 aliphatic rings. The van der Waals surface area contributed by atoms with Gasteiger partial charge in [0.2, 0.25) is 0 Å². The average Bonchev–Trinajstić information content (AvgIpc) is 3.25. The summed E-state index contributed by atoms with van der Waals surface area (Å²) in [6.45, 7) is 4.39. The van der Waals surface area contributed by atoms with E-state index in [9.17, 15) is 9.59 Å². The maximum absolute atomic E-state index is 13.5. The van der Waals surface area contributed by atoms with Crippen LogP contribution in [0.2, 0.25) is 0 Å². The normalized spacial score (nSPS) is 18.5. The smallest absolute Gasteiger partial charge is 0.265 e. The number of ether oxygens (including phenoxy) is 1. The number of piperidine rings is 1. The first-order valence-electron chi connectivity index (χ1n) is 10.9. The number of amides is 2. The number of nitrogens with zero attached hydrogens (tertiary/aromatic N) is 5. The second-order valence-corrected chi connectivity index (χ2v) is 7.98. The maximum Gasteiger partial charge on any atom is 0.265 e. The largest absolute Gasteiger partial charge is 0.476 e. The number of carbonyl (C=O) groups excluding carboxylic acids is 2. The Hall–Kier alpha value is -3.42. The first-order chi connectivity index (χ1) is 15.2. The van der Waals surface area contributed by atoms with Crippen molar-refractivity contribution in [2.75, 3.05) is 24.5 Å². The molecule has 1 atom stereocenters. The third-order valence-electron chi connectivity index (χ3n) is 6.02. The molecule has 1 unspecified atom stereocenters. The van der Waals surface area contributed by atoms with E-state index < -0.39 is 6.10 Å². The summed E-state index contributed by atoms with van der Waals surface area (Å²) in [4.78, 5) is 30.1. The number of hydrogen-bond acceptors (Lipinski definition) is 5. The van der Waals surface area contributed by atoms with Gasteiger partial charge in [-0.1, -0.05) is 17.3 Å². The number of carbonyl (C=O) groups is 2. The fourth-order valence-corrected chi connectivity index (χ4v) is 4.37. The number of para-hydroxylation sites is 2. The predicted molar refractivity (Wildman–Crippen MR) is 116 cm³/mol. The standard InChI is InChI=1S/C23H25N5O3/c1-2-28-18-11-10-16(14-17(18)24-25-28)22(29)27-15-21(23(30)26-12-6-3-7-13-26)31-20-9-5-4-8-19(20)27/h4-5,8-11,14,21H,2-3,6-7,12-13,15H2,1H3. The van der Waals surface area contributed by atoms with Crippen LogP contribution in [0.3, 0.4) is 0 Å². The fraction of sp³-hybridized carbons (Fsp3) is 0.391. The third-order valence-corrected chi connectivity index (χ3v) is 6.02. The highest BCUT2D eigenvalue weighted by Crippen LogP contribution is 2.35. The fourth-order valence-electron chi connectivity index (χ4n) is 4.37. The Morgan fingerprint density at radius 1 is 1.10 bits per heavy atom. The van der Waals surface area contributed by atoms with Crippen LogP contribution in [0.5, 0.6) is 5.75 Å². The second-order valence-electron chi connectivity index (χ2n) is 7.98. The highest BCUT2D eigenvalue weighted by molar-refractivity contribution is 6.09. The van der Waals surface area contributed by atoms with E-state index in [2.05, 4.69) is 10.3 Å². The molecule has 1 saturated heterocycles. The number of aromatic nitrogens is 3. The molecule has 0 N–H and O–H groups in total. The molecule has 1 aromatic heterocycles. The van der Waals surface area contributed by atoms with E-state index in [1.54, 1.807) is 27.8 Å². The molecule has 31 heavy (non-hydrogen) atoms. The molecule has 0 bridgehead atoms. The first-order valence-corrected chi connectivity index (χ1v) is 10.9. The Kier molecular flexibility index (Phi) is 5.05. The zero-order chi connectivity index (χ0) is 21.4. The van der Waals surface area contributed by atoms with Gasteiger partial charge in [-0.2, -0.15) is 0 Å². The molecule has 2 amide bonds. The first kappa shape index (κ1) is 19.5. The van der Waals surface area contributed by atoms with E-state index in [0.717, 1.165) is 37.9 Å². The van der Waals surface area contributed by atoms with Crippen LogP contribution in [0, 0.1) is 0 Å². The molecule has 160 valence electrons. The van der Waals surface area contributed by atoms with Crippen molar-refractivity contribution in [1.29, 1.82) is 0 Å². The Morgan fingerprint density at radius 2 is 1.90 bits per heavy atom. The van der Waals surface area contributed by atoms with Gasteiger partial charge in [-0.3, -0.25) is 9.59 Å². The number of anilines is 1. The molecule has 1 fully saturated rings. The number of fused-ring (bicyclic) bond motifs is 2. The molecule has 0 saturated carbocycles. The average molecular weight is 419 g/mol. The topological polar surface area (TPSA) is 80.6 Å². The van der Waals surface area contributed by atoms with E-state index in [1.165, 1.54) is 0 Å². The van der Waals surface area contributed by atoms with E-state index in [0.29, 0.717) is 29.1 Å². The quantitative estimate of drug-likeness (QED) is 0.652. The highest BCUT2D eigenvalue weighted by Gasteiger charge is 2.36. The number of hydrogen-bond donors (Lipinski definition) is 0. The van der Waals surface area contributed by atoms with Gasteiger partial charge in [0.25, 0.3) is 11.8 Å². The summed E-state index contributed by atoms with van der Waals surface area (Å²) in [7, 11) is 0.